The van der Waals surface area contributed by atoms with Crippen LogP contribution in [0.15, 0.2) is 24.3 Å². The molecule has 1 atom stereocenters. The third kappa shape index (κ3) is 5.61. The maximum atomic E-state index is 12.3. The summed E-state index contributed by atoms with van der Waals surface area (Å²) in [6.07, 6.45) is 4.50. The summed E-state index contributed by atoms with van der Waals surface area (Å²) in [5.74, 6) is 0.414. The van der Waals surface area contributed by atoms with Gasteiger partial charge in [-0.2, -0.15) is 0 Å². The molecule has 0 saturated carbocycles. The van der Waals surface area contributed by atoms with Crippen LogP contribution < -0.4 is 10.6 Å². The Labute approximate surface area is 159 Å². The van der Waals surface area contributed by atoms with Crippen molar-refractivity contribution in [2.75, 3.05) is 31.6 Å². The molecule has 3 rings (SSSR count). The van der Waals surface area contributed by atoms with Crippen molar-refractivity contribution in [1.29, 1.82) is 0 Å². The van der Waals surface area contributed by atoms with Crippen molar-refractivity contribution in [3.05, 3.63) is 29.3 Å². The summed E-state index contributed by atoms with van der Waals surface area (Å²) in [6.45, 7) is 2.74. The fraction of sp³-hybridized carbons (Fsp3) is 0.579. The molecule has 0 bridgehead atoms. The van der Waals surface area contributed by atoms with E-state index >= 15 is 0 Å². The number of benzene rings is 1. The van der Waals surface area contributed by atoms with Gasteiger partial charge in [0.15, 0.2) is 0 Å². The summed E-state index contributed by atoms with van der Waals surface area (Å²) >= 11 is 5.94. The number of hydrogen-bond acceptors (Lipinski definition) is 3. The van der Waals surface area contributed by atoms with Crippen molar-refractivity contribution < 1.29 is 14.3 Å². The number of rotatable bonds is 5. The molecule has 1 aromatic carbocycles. The third-order valence-electron chi connectivity index (χ3n) is 5.00. The van der Waals surface area contributed by atoms with Gasteiger partial charge in [-0.15, -0.1) is 0 Å². The predicted octanol–water partition coefficient (Wildman–Crippen LogP) is 3.27. The lowest BCUT2D eigenvalue weighted by Gasteiger charge is -2.31. The number of carbonyl (C=O) groups is 2. The van der Waals surface area contributed by atoms with Crippen molar-refractivity contribution in [3.8, 4) is 0 Å². The molecule has 0 spiro atoms. The summed E-state index contributed by atoms with van der Waals surface area (Å²) in [4.78, 5) is 26.2. The molecule has 1 aromatic rings. The Balaban J connectivity index is 1.36. The summed E-state index contributed by atoms with van der Waals surface area (Å²) in [5.41, 5.74) is 0.693. The van der Waals surface area contributed by atoms with Gasteiger partial charge in [-0.05, 0) is 49.8 Å². The Morgan fingerprint density at radius 1 is 1.23 bits per heavy atom. The molecule has 26 heavy (non-hydrogen) atoms. The highest BCUT2D eigenvalue weighted by Crippen LogP contribution is 2.22. The normalized spacial score (nSPS) is 20.8. The van der Waals surface area contributed by atoms with Gasteiger partial charge in [-0.25, -0.2) is 4.79 Å². The van der Waals surface area contributed by atoms with E-state index in [2.05, 4.69) is 10.6 Å². The van der Waals surface area contributed by atoms with Gasteiger partial charge in [0.1, 0.15) is 0 Å². The summed E-state index contributed by atoms with van der Waals surface area (Å²) in [6, 6.07) is 7.00. The molecule has 2 aliphatic heterocycles. The van der Waals surface area contributed by atoms with E-state index in [0.29, 0.717) is 42.7 Å². The molecule has 2 heterocycles. The lowest BCUT2D eigenvalue weighted by Crippen LogP contribution is -2.42. The third-order valence-corrected chi connectivity index (χ3v) is 5.24. The second kappa shape index (κ2) is 9.24. The number of hydrogen-bond donors (Lipinski definition) is 2. The number of likely N-dealkylation sites (tertiary alicyclic amines) is 1. The van der Waals surface area contributed by atoms with Crippen LogP contribution in [0.25, 0.3) is 0 Å². The summed E-state index contributed by atoms with van der Waals surface area (Å²) in [5, 5.41) is 6.44. The topological polar surface area (TPSA) is 70.7 Å². The zero-order chi connectivity index (χ0) is 18.4. The molecule has 0 aliphatic carbocycles. The van der Waals surface area contributed by atoms with Crippen molar-refractivity contribution in [2.45, 2.75) is 38.2 Å². The smallest absolute Gasteiger partial charge is 0.321 e. The SMILES string of the molecule is O=C(CC1CCN(C(=O)Nc2cccc(Cl)c2)CC1)NC[C@H]1CCCO1. The number of nitrogens with zero attached hydrogens (tertiary/aromatic N) is 1. The van der Waals surface area contributed by atoms with Crippen molar-refractivity contribution >= 4 is 29.2 Å². The average molecular weight is 380 g/mol. The first-order valence-electron chi connectivity index (χ1n) is 9.30. The van der Waals surface area contributed by atoms with Crippen molar-refractivity contribution in [1.82, 2.24) is 10.2 Å². The summed E-state index contributed by atoms with van der Waals surface area (Å²) < 4.78 is 5.52. The van der Waals surface area contributed by atoms with Crippen LogP contribution in [0.2, 0.25) is 5.02 Å². The van der Waals surface area contributed by atoms with Crippen LogP contribution in [0.5, 0.6) is 0 Å². The Morgan fingerprint density at radius 2 is 2.04 bits per heavy atom. The Kier molecular flexibility index (Phi) is 6.74. The first kappa shape index (κ1) is 19.0. The Morgan fingerprint density at radius 3 is 2.73 bits per heavy atom. The lowest BCUT2D eigenvalue weighted by molar-refractivity contribution is -0.122. The standard InChI is InChI=1S/C19H26ClN3O3/c20-15-3-1-4-16(12-15)22-19(25)23-8-6-14(7-9-23)11-18(24)21-13-17-5-2-10-26-17/h1,3-4,12,14,17H,2,5-11,13H2,(H,21,24)(H,22,25)/t17-/m1/s1. The second-order valence-corrected chi connectivity index (χ2v) is 7.45. The van der Waals surface area contributed by atoms with Crippen molar-refractivity contribution in [3.63, 3.8) is 0 Å². The Hall–Kier alpha value is -1.79. The fourth-order valence-electron chi connectivity index (χ4n) is 3.48. The molecule has 2 N–H and O–H groups in total. The average Bonchev–Trinajstić information content (AvgIpc) is 3.14. The van der Waals surface area contributed by atoms with E-state index in [0.717, 1.165) is 32.3 Å². The van der Waals surface area contributed by atoms with Crippen LogP contribution in [-0.4, -0.2) is 49.2 Å². The molecule has 3 amide bonds. The van der Waals surface area contributed by atoms with Gasteiger partial charge in [0, 0.05) is 43.4 Å². The molecular weight excluding hydrogens is 354 g/mol. The maximum Gasteiger partial charge on any atom is 0.321 e. The lowest BCUT2D eigenvalue weighted by atomic mass is 9.93. The second-order valence-electron chi connectivity index (χ2n) is 7.01. The largest absolute Gasteiger partial charge is 0.376 e. The number of urea groups is 1. The molecule has 6 nitrogen and oxygen atoms in total. The number of halogens is 1. The first-order chi connectivity index (χ1) is 12.6. The van der Waals surface area contributed by atoms with Gasteiger partial charge in [0.05, 0.1) is 6.10 Å². The maximum absolute atomic E-state index is 12.3. The first-order valence-corrected chi connectivity index (χ1v) is 9.68. The number of ether oxygens (including phenoxy) is 1. The molecule has 2 fully saturated rings. The van der Waals surface area contributed by atoms with Crippen molar-refractivity contribution in [2.24, 2.45) is 5.92 Å². The fourth-order valence-corrected chi connectivity index (χ4v) is 3.67. The van der Waals surface area contributed by atoms with Gasteiger partial charge in [-0.3, -0.25) is 4.79 Å². The van der Waals surface area contributed by atoms with E-state index in [4.69, 9.17) is 16.3 Å². The number of amides is 3. The number of piperidine rings is 1. The van der Waals surface area contributed by atoms with E-state index in [-0.39, 0.29) is 18.0 Å². The molecular formula is C19H26ClN3O3. The number of nitrogens with one attached hydrogen (secondary N) is 2. The van der Waals surface area contributed by atoms with Gasteiger partial charge in [0.25, 0.3) is 0 Å². The van der Waals surface area contributed by atoms with E-state index < -0.39 is 0 Å². The summed E-state index contributed by atoms with van der Waals surface area (Å²) in [7, 11) is 0. The molecule has 0 radical (unpaired) electrons. The van der Waals surface area contributed by atoms with Crippen LogP contribution in [-0.2, 0) is 9.53 Å². The van der Waals surface area contributed by atoms with Crippen LogP contribution in [0.4, 0.5) is 10.5 Å². The molecule has 2 saturated heterocycles. The van der Waals surface area contributed by atoms with E-state index in [1.54, 1.807) is 23.1 Å². The molecule has 142 valence electrons. The molecule has 0 unspecified atom stereocenters. The Bertz CT molecular complexity index is 626. The monoisotopic (exact) mass is 379 g/mol. The van der Waals surface area contributed by atoms with E-state index in [1.165, 1.54) is 0 Å². The van der Waals surface area contributed by atoms with Gasteiger partial charge < -0.3 is 20.3 Å². The quantitative estimate of drug-likeness (QED) is 0.824. The van der Waals surface area contributed by atoms with Crippen LogP contribution in [0.1, 0.15) is 32.1 Å². The van der Waals surface area contributed by atoms with Crippen LogP contribution >= 0.6 is 11.6 Å². The van der Waals surface area contributed by atoms with E-state index in [9.17, 15) is 9.59 Å². The van der Waals surface area contributed by atoms with Crippen LogP contribution in [0.3, 0.4) is 0 Å². The minimum Gasteiger partial charge on any atom is -0.376 e. The van der Waals surface area contributed by atoms with Crippen LogP contribution in [0, 0.1) is 5.92 Å². The molecule has 7 heteroatoms. The number of anilines is 1. The molecule has 2 aliphatic rings. The number of carbonyl (C=O) groups excluding carboxylic acids is 2. The van der Waals surface area contributed by atoms with Gasteiger partial charge >= 0.3 is 6.03 Å². The highest BCUT2D eigenvalue weighted by atomic mass is 35.5. The highest BCUT2D eigenvalue weighted by Gasteiger charge is 2.25. The molecule has 0 aromatic heterocycles. The zero-order valence-electron chi connectivity index (χ0n) is 14.9. The predicted molar refractivity (Wildman–Crippen MR) is 101 cm³/mol. The highest BCUT2D eigenvalue weighted by molar-refractivity contribution is 6.30. The minimum atomic E-state index is -0.117. The minimum absolute atomic E-state index is 0.0855. The van der Waals surface area contributed by atoms with E-state index in [1.807, 2.05) is 6.07 Å². The van der Waals surface area contributed by atoms with Gasteiger partial charge in [0.2, 0.25) is 5.91 Å². The van der Waals surface area contributed by atoms with Gasteiger partial charge in [-0.1, -0.05) is 17.7 Å². The zero-order valence-corrected chi connectivity index (χ0v) is 15.6.